The average Bonchev–Trinajstić information content (AvgIpc) is 3.38. The molecule has 12 atom stereocenters. The van der Waals surface area contributed by atoms with Crippen molar-refractivity contribution in [2.24, 2.45) is 17.3 Å². The molecule has 0 aromatic heterocycles. The largest absolute Gasteiger partial charge is 0.456 e. The summed E-state index contributed by atoms with van der Waals surface area (Å²) in [5.41, 5.74) is -11.8. The number of hydrogen-bond donors (Lipinski definition) is 3. The lowest BCUT2D eigenvalue weighted by Gasteiger charge is -2.54. The molecule has 6 heterocycles. The molecule has 3 spiro atoms. The summed E-state index contributed by atoms with van der Waals surface area (Å²) in [5.74, 6) is -7.05. The molecule has 7 fully saturated rings. The number of ketones is 2. The molecule has 0 aromatic rings. The van der Waals surface area contributed by atoms with Gasteiger partial charge in [-0.2, -0.15) is 0 Å². The Morgan fingerprint density at radius 2 is 1.63 bits per heavy atom. The fourth-order valence-corrected chi connectivity index (χ4v) is 10.3. The minimum Gasteiger partial charge on any atom is -0.456 e. The van der Waals surface area contributed by atoms with Crippen molar-refractivity contribution in [3.8, 4) is 0 Å². The summed E-state index contributed by atoms with van der Waals surface area (Å²) in [7, 11) is 0. The van der Waals surface area contributed by atoms with Crippen LogP contribution in [-0.2, 0) is 42.9 Å². The van der Waals surface area contributed by atoms with Crippen molar-refractivity contribution in [2.45, 2.75) is 124 Å². The zero-order chi connectivity index (χ0) is 29.6. The van der Waals surface area contributed by atoms with E-state index >= 15 is 0 Å². The predicted molar refractivity (Wildman–Crippen MR) is 132 cm³/mol. The number of carbonyl (C=O) groups is 4. The number of esters is 2. The van der Waals surface area contributed by atoms with Gasteiger partial charge >= 0.3 is 11.9 Å². The van der Waals surface area contributed by atoms with Crippen LogP contribution >= 0.6 is 0 Å². The highest BCUT2D eigenvalue weighted by Gasteiger charge is 2.90. The van der Waals surface area contributed by atoms with Gasteiger partial charge in [-0.05, 0) is 47.0 Å². The van der Waals surface area contributed by atoms with Gasteiger partial charge in [0.2, 0.25) is 11.6 Å². The van der Waals surface area contributed by atoms with Crippen LogP contribution in [0.5, 0.6) is 0 Å². The van der Waals surface area contributed by atoms with Crippen molar-refractivity contribution in [2.75, 3.05) is 0 Å². The maximum Gasteiger partial charge on any atom is 0.341 e. The SMILES string of the molecule is CC1(C)O[C@@H]2CC(=O)O[C@@]23C[C@]24CC[C@]5(C)C(=O)[C@](C)(O)[C@]6(O)[C@H]7OC(=O)[C@](C)(O)[C@H]7O[C@@](O2)(C(=O)C4=CC[C@@H]13)[C@@H]65. The average molecular weight is 575 g/mol. The molecule has 222 valence electrons. The van der Waals surface area contributed by atoms with Crippen LogP contribution in [0.3, 0.4) is 0 Å². The Kier molecular flexibility index (Phi) is 4.37. The van der Waals surface area contributed by atoms with Gasteiger partial charge in [0.1, 0.15) is 29.0 Å². The molecular weight excluding hydrogens is 540 g/mol. The molecule has 3 N–H and O–H groups in total. The molecule has 6 saturated heterocycles. The van der Waals surface area contributed by atoms with E-state index in [1.54, 1.807) is 13.0 Å². The molecule has 0 unspecified atom stereocenters. The van der Waals surface area contributed by atoms with Gasteiger partial charge in [-0.1, -0.05) is 13.0 Å². The number of Topliss-reactive ketones (excluding diaryl/α,β-unsaturated/α-hetero) is 2. The van der Waals surface area contributed by atoms with Crippen LogP contribution in [0.2, 0.25) is 0 Å². The first-order valence-corrected chi connectivity index (χ1v) is 14.3. The molecule has 8 aliphatic rings. The highest BCUT2D eigenvalue weighted by atomic mass is 16.8. The summed E-state index contributed by atoms with van der Waals surface area (Å²) in [6.45, 7) is 7.69. The third-order valence-corrected chi connectivity index (χ3v) is 12.1. The molecule has 6 aliphatic heterocycles. The van der Waals surface area contributed by atoms with E-state index in [0.29, 0.717) is 6.42 Å². The Hall–Kier alpha value is -2.22. The highest BCUT2D eigenvalue weighted by molar-refractivity contribution is 6.08. The molecular formula is C29H34O12. The third kappa shape index (κ3) is 2.48. The Bertz CT molecular complexity index is 1410. The van der Waals surface area contributed by atoms with Gasteiger partial charge in [-0.25, -0.2) is 4.79 Å². The molecule has 12 nitrogen and oxygen atoms in total. The van der Waals surface area contributed by atoms with Gasteiger partial charge in [-0.15, -0.1) is 0 Å². The quantitative estimate of drug-likeness (QED) is 0.325. The van der Waals surface area contributed by atoms with Gasteiger partial charge in [0.25, 0.3) is 0 Å². The van der Waals surface area contributed by atoms with E-state index in [9.17, 15) is 34.5 Å². The van der Waals surface area contributed by atoms with Crippen LogP contribution in [-0.4, -0.2) is 96.5 Å². The van der Waals surface area contributed by atoms with Crippen LogP contribution in [0.25, 0.3) is 0 Å². The van der Waals surface area contributed by atoms with E-state index in [1.165, 1.54) is 0 Å². The van der Waals surface area contributed by atoms with E-state index in [2.05, 4.69) is 0 Å². The van der Waals surface area contributed by atoms with Crippen LogP contribution in [0.4, 0.5) is 0 Å². The smallest absolute Gasteiger partial charge is 0.341 e. The number of allylic oxidation sites excluding steroid dienone is 1. The molecule has 8 rings (SSSR count). The highest BCUT2D eigenvalue weighted by Crippen LogP contribution is 2.72. The maximum atomic E-state index is 14.7. The summed E-state index contributed by atoms with van der Waals surface area (Å²) in [5, 5.41) is 35.3. The summed E-state index contributed by atoms with van der Waals surface area (Å²) >= 11 is 0. The topological polar surface area (TPSA) is 175 Å². The normalized spacial score (nSPS) is 59.3. The van der Waals surface area contributed by atoms with E-state index in [4.69, 9.17) is 23.7 Å². The third-order valence-electron chi connectivity index (χ3n) is 12.1. The Morgan fingerprint density at radius 3 is 2.34 bits per heavy atom. The van der Waals surface area contributed by atoms with Crippen molar-refractivity contribution >= 4 is 23.5 Å². The van der Waals surface area contributed by atoms with Gasteiger partial charge in [-0.3, -0.25) is 14.4 Å². The second kappa shape index (κ2) is 6.79. The van der Waals surface area contributed by atoms with Crippen LogP contribution in [0.15, 0.2) is 11.6 Å². The van der Waals surface area contributed by atoms with Crippen molar-refractivity contribution < 1.29 is 58.2 Å². The van der Waals surface area contributed by atoms with Crippen molar-refractivity contribution in [1.29, 1.82) is 0 Å². The lowest BCUT2D eigenvalue weighted by Crippen LogP contribution is -2.76. The minimum absolute atomic E-state index is 0.0500. The second-order valence-electron chi connectivity index (χ2n) is 14.6. The number of carbonyl (C=O) groups excluding carboxylic acids is 4. The Labute approximate surface area is 235 Å². The monoisotopic (exact) mass is 574 g/mol. The maximum absolute atomic E-state index is 14.7. The molecule has 2 aliphatic carbocycles. The van der Waals surface area contributed by atoms with Crippen LogP contribution < -0.4 is 0 Å². The minimum atomic E-state index is -2.54. The van der Waals surface area contributed by atoms with Gasteiger partial charge < -0.3 is 39.0 Å². The number of rotatable bonds is 0. The van der Waals surface area contributed by atoms with Crippen molar-refractivity contribution in [3.05, 3.63) is 11.6 Å². The summed E-state index contributed by atoms with van der Waals surface area (Å²) in [6, 6.07) is 0. The Balaban J connectivity index is 1.36. The number of ether oxygens (including phenoxy) is 5. The summed E-state index contributed by atoms with van der Waals surface area (Å²) < 4.78 is 31.0. The van der Waals surface area contributed by atoms with Crippen LogP contribution in [0, 0.1) is 17.3 Å². The van der Waals surface area contributed by atoms with Crippen molar-refractivity contribution in [1.82, 2.24) is 0 Å². The molecule has 0 radical (unpaired) electrons. The van der Waals surface area contributed by atoms with E-state index < -0.39 is 92.5 Å². The molecule has 2 bridgehead atoms. The lowest BCUT2D eigenvalue weighted by molar-refractivity contribution is -0.375. The molecule has 1 saturated carbocycles. The fraction of sp³-hybridized carbons (Fsp3) is 0.793. The van der Waals surface area contributed by atoms with E-state index in [0.717, 1.165) is 13.8 Å². The molecule has 0 amide bonds. The first-order chi connectivity index (χ1) is 18.8. The van der Waals surface area contributed by atoms with Gasteiger partial charge in [0.15, 0.2) is 23.1 Å². The first kappa shape index (κ1) is 26.4. The number of fused-ring (bicyclic) bond motifs is 2. The van der Waals surface area contributed by atoms with Gasteiger partial charge in [0.05, 0.1) is 17.9 Å². The van der Waals surface area contributed by atoms with Gasteiger partial charge in [0, 0.05) is 23.3 Å². The number of aliphatic hydroxyl groups is 3. The summed E-state index contributed by atoms with van der Waals surface area (Å²) in [6.07, 6.45) is -1.49. The second-order valence-corrected chi connectivity index (χ2v) is 14.6. The molecule has 0 aromatic carbocycles. The van der Waals surface area contributed by atoms with Crippen molar-refractivity contribution in [3.63, 3.8) is 0 Å². The fourth-order valence-electron chi connectivity index (χ4n) is 10.3. The molecule has 41 heavy (non-hydrogen) atoms. The van der Waals surface area contributed by atoms with Crippen LogP contribution in [0.1, 0.15) is 66.7 Å². The first-order valence-electron chi connectivity index (χ1n) is 14.3. The Morgan fingerprint density at radius 1 is 0.927 bits per heavy atom. The van der Waals surface area contributed by atoms with E-state index in [1.807, 2.05) is 13.8 Å². The van der Waals surface area contributed by atoms with E-state index in [-0.39, 0.29) is 37.2 Å². The zero-order valence-corrected chi connectivity index (χ0v) is 23.5. The predicted octanol–water partition coefficient (Wildman–Crippen LogP) is -0.223. The summed E-state index contributed by atoms with van der Waals surface area (Å²) in [4.78, 5) is 54.3. The lowest BCUT2D eigenvalue weighted by atomic mass is 9.60. The number of hydrogen-bond acceptors (Lipinski definition) is 12. The molecule has 12 heteroatoms. The zero-order valence-electron chi connectivity index (χ0n) is 23.5. The standard InChI is InChI=1S/C29H34O12/c1-22(2)13-7-6-12-16(31)29-19-23(3,8-9-26(12,41-29)11-27(13)14(38-22)10-15(30)39-27)20(32)25(5,35)28(19,36)18-17(40-29)24(4,34)21(33)37-18/h6,13-14,17-19,34-36H,7-11H2,1-5H3/t13-,14+,17-,18-,19+,23-,24+,25-,26-,27+,28-,29+/m0/s1.